The van der Waals surface area contributed by atoms with Crippen molar-refractivity contribution < 1.29 is 0 Å². The second-order valence-corrected chi connectivity index (χ2v) is 6.52. The summed E-state index contributed by atoms with van der Waals surface area (Å²) in [6.07, 6.45) is 0. The molecule has 3 nitrogen and oxygen atoms in total. The van der Waals surface area contributed by atoms with Crippen LogP contribution in [0.3, 0.4) is 0 Å². The van der Waals surface area contributed by atoms with Gasteiger partial charge in [0.15, 0.2) is 0 Å². The number of nitrogens with two attached hydrogens (primary N) is 1. The van der Waals surface area contributed by atoms with E-state index in [1.165, 1.54) is 10.5 Å². The monoisotopic (exact) mass is 279 g/mol. The van der Waals surface area contributed by atoms with E-state index in [0.717, 1.165) is 38.5 Å². The third kappa shape index (κ3) is 4.49. The number of benzene rings is 1. The maximum absolute atomic E-state index is 5.88. The minimum absolute atomic E-state index is 0.525. The molecule has 1 aromatic carbocycles. The molecule has 1 heterocycles. The summed E-state index contributed by atoms with van der Waals surface area (Å²) in [6, 6.07) is 9.31. The highest BCUT2D eigenvalue weighted by molar-refractivity contribution is 7.99. The van der Waals surface area contributed by atoms with Crippen LogP contribution in [0.4, 0.5) is 0 Å². The van der Waals surface area contributed by atoms with Crippen molar-refractivity contribution in [1.29, 1.82) is 0 Å². The molecule has 2 rings (SSSR count). The molecule has 1 aliphatic heterocycles. The van der Waals surface area contributed by atoms with E-state index in [1.54, 1.807) is 0 Å². The van der Waals surface area contributed by atoms with Crippen molar-refractivity contribution in [2.75, 3.05) is 45.5 Å². The summed E-state index contributed by atoms with van der Waals surface area (Å²) in [7, 11) is 2.18. The molecule has 1 aromatic rings. The van der Waals surface area contributed by atoms with E-state index in [0.29, 0.717) is 6.04 Å². The van der Waals surface area contributed by atoms with Crippen LogP contribution in [0, 0.1) is 6.92 Å². The van der Waals surface area contributed by atoms with Gasteiger partial charge >= 0.3 is 0 Å². The molecule has 1 aliphatic rings. The van der Waals surface area contributed by atoms with Gasteiger partial charge in [-0.25, -0.2) is 0 Å². The van der Waals surface area contributed by atoms with Crippen LogP contribution < -0.4 is 5.73 Å². The molecule has 0 aliphatic carbocycles. The fraction of sp³-hybridized carbons (Fsp3) is 0.600. The van der Waals surface area contributed by atoms with Gasteiger partial charge in [0.2, 0.25) is 0 Å². The number of thioether (sulfide) groups is 1. The number of aryl methyl sites for hydroxylation is 1. The van der Waals surface area contributed by atoms with E-state index in [4.69, 9.17) is 5.73 Å². The molecule has 1 saturated heterocycles. The van der Waals surface area contributed by atoms with Gasteiger partial charge < -0.3 is 10.6 Å². The first-order chi connectivity index (χ1) is 9.19. The molecule has 1 unspecified atom stereocenters. The normalized spacial score (nSPS) is 21.7. The molecule has 0 radical (unpaired) electrons. The smallest absolute Gasteiger partial charge is 0.0346 e. The zero-order valence-corrected chi connectivity index (χ0v) is 12.8. The van der Waals surface area contributed by atoms with Gasteiger partial charge in [-0.1, -0.05) is 17.7 Å². The van der Waals surface area contributed by atoms with Crippen LogP contribution >= 0.6 is 11.8 Å². The van der Waals surface area contributed by atoms with E-state index in [-0.39, 0.29) is 0 Å². The van der Waals surface area contributed by atoms with E-state index in [1.807, 2.05) is 11.8 Å². The number of hydrogen-bond acceptors (Lipinski definition) is 4. The molecule has 0 saturated carbocycles. The van der Waals surface area contributed by atoms with Crippen molar-refractivity contribution in [3.63, 3.8) is 0 Å². The minimum Gasteiger partial charge on any atom is -0.329 e. The van der Waals surface area contributed by atoms with Gasteiger partial charge in [0.25, 0.3) is 0 Å². The molecule has 0 bridgehead atoms. The van der Waals surface area contributed by atoms with Crippen molar-refractivity contribution >= 4 is 11.8 Å². The first-order valence-corrected chi connectivity index (χ1v) is 7.99. The Balaban J connectivity index is 1.77. The van der Waals surface area contributed by atoms with Crippen LogP contribution in [-0.2, 0) is 0 Å². The molecule has 106 valence electrons. The van der Waals surface area contributed by atoms with Crippen LogP contribution in [-0.4, -0.2) is 61.4 Å². The molecule has 2 N–H and O–H groups in total. The van der Waals surface area contributed by atoms with Crippen molar-refractivity contribution in [1.82, 2.24) is 9.80 Å². The van der Waals surface area contributed by atoms with E-state index < -0.39 is 0 Å². The molecule has 1 fully saturated rings. The summed E-state index contributed by atoms with van der Waals surface area (Å²) < 4.78 is 0. The van der Waals surface area contributed by atoms with Gasteiger partial charge in [0.05, 0.1) is 0 Å². The predicted molar refractivity (Wildman–Crippen MR) is 83.8 cm³/mol. The second-order valence-electron chi connectivity index (χ2n) is 5.35. The summed E-state index contributed by atoms with van der Waals surface area (Å²) in [5.41, 5.74) is 7.21. The molecular weight excluding hydrogens is 254 g/mol. The minimum atomic E-state index is 0.525. The summed E-state index contributed by atoms with van der Waals surface area (Å²) in [5, 5.41) is 0. The lowest BCUT2D eigenvalue weighted by Crippen LogP contribution is -2.55. The van der Waals surface area contributed by atoms with E-state index in [9.17, 15) is 0 Å². The highest BCUT2D eigenvalue weighted by atomic mass is 32.2. The van der Waals surface area contributed by atoms with Crippen molar-refractivity contribution in [3.8, 4) is 0 Å². The molecule has 4 heteroatoms. The largest absolute Gasteiger partial charge is 0.329 e. The Hall–Kier alpha value is -0.550. The maximum atomic E-state index is 5.88. The lowest BCUT2D eigenvalue weighted by molar-refractivity contribution is 0.101. The van der Waals surface area contributed by atoms with E-state index in [2.05, 4.69) is 48.0 Å². The fourth-order valence-electron chi connectivity index (χ4n) is 2.48. The van der Waals surface area contributed by atoms with Crippen molar-refractivity contribution in [2.24, 2.45) is 5.73 Å². The first kappa shape index (κ1) is 14.9. The number of likely N-dealkylation sites (N-methyl/N-ethyl adjacent to an activating group) is 1. The Morgan fingerprint density at radius 1 is 1.26 bits per heavy atom. The average Bonchev–Trinajstić information content (AvgIpc) is 2.42. The van der Waals surface area contributed by atoms with Crippen LogP contribution in [0.1, 0.15) is 5.56 Å². The van der Waals surface area contributed by atoms with Crippen LogP contribution in [0.25, 0.3) is 0 Å². The Kier molecular flexibility index (Phi) is 5.70. The maximum Gasteiger partial charge on any atom is 0.0346 e. The Morgan fingerprint density at radius 2 is 2.00 bits per heavy atom. The molecule has 19 heavy (non-hydrogen) atoms. The Morgan fingerprint density at radius 3 is 2.68 bits per heavy atom. The Labute approximate surface area is 121 Å². The third-order valence-electron chi connectivity index (χ3n) is 3.75. The summed E-state index contributed by atoms with van der Waals surface area (Å²) in [6.45, 7) is 7.43. The second kappa shape index (κ2) is 7.29. The highest BCUT2D eigenvalue weighted by Crippen LogP contribution is 2.19. The molecule has 0 aromatic heterocycles. The molecule has 1 atom stereocenters. The van der Waals surface area contributed by atoms with Crippen molar-refractivity contribution in [3.05, 3.63) is 29.8 Å². The molecule has 0 amide bonds. The molecular formula is C15H25N3S. The number of nitrogens with zero attached hydrogens (tertiary/aromatic N) is 2. The van der Waals surface area contributed by atoms with Gasteiger partial charge in [-0.3, -0.25) is 4.90 Å². The molecule has 0 spiro atoms. The average molecular weight is 279 g/mol. The zero-order valence-electron chi connectivity index (χ0n) is 12.0. The number of rotatable bonds is 5. The standard InChI is InChI=1S/C15H25N3S/c1-13-3-5-15(6-4-13)19-10-9-18-8-7-17(2)12-14(18)11-16/h3-6,14H,7-12,16H2,1-2H3. The lowest BCUT2D eigenvalue weighted by Gasteiger charge is -2.39. The predicted octanol–water partition coefficient (Wildman–Crippen LogP) is 1.66. The highest BCUT2D eigenvalue weighted by Gasteiger charge is 2.23. The van der Waals surface area contributed by atoms with Gasteiger partial charge in [0, 0.05) is 49.4 Å². The summed E-state index contributed by atoms with van der Waals surface area (Å²) in [5.74, 6) is 1.14. The summed E-state index contributed by atoms with van der Waals surface area (Å²) in [4.78, 5) is 6.28. The number of piperazine rings is 1. The van der Waals surface area contributed by atoms with Crippen LogP contribution in [0.15, 0.2) is 29.2 Å². The zero-order chi connectivity index (χ0) is 13.7. The summed E-state index contributed by atoms with van der Waals surface area (Å²) >= 11 is 1.94. The first-order valence-electron chi connectivity index (χ1n) is 7.01. The van der Waals surface area contributed by atoms with Crippen LogP contribution in [0.2, 0.25) is 0 Å². The topological polar surface area (TPSA) is 32.5 Å². The van der Waals surface area contributed by atoms with Gasteiger partial charge in [0.1, 0.15) is 0 Å². The third-order valence-corrected chi connectivity index (χ3v) is 4.74. The van der Waals surface area contributed by atoms with Gasteiger partial charge in [-0.05, 0) is 26.1 Å². The van der Waals surface area contributed by atoms with Crippen molar-refractivity contribution in [2.45, 2.75) is 17.9 Å². The van der Waals surface area contributed by atoms with Gasteiger partial charge in [-0.2, -0.15) is 0 Å². The fourth-order valence-corrected chi connectivity index (χ4v) is 3.37. The Bertz CT molecular complexity index is 379. The number of hydrogen-bond donors (Lipinski definition) is 1. The quantitative estimate of drug-likeness (QED) is 0.831. The van der Waals surface area contributed by atoms with Crippen LogP contribution in [0.5, 0.6) is 0 Å². The lowest BCUT2D eigenvalue weighted by atomic mass is 10.2. The van der Waals surface area contributed by atoms with E-state index >= 15 is 0 Å². The van der Waals surface area contributed by atoms with Gasteiger partial charge in [-0.15, -0.1) is 11.8 Å². The SMILES string of the molecule is Cc1ccc(SCCN2CCN(C)CC2CN)cc1.